The van der Waals surface area contributed by atoms with Crippen LogP contribution in [0.2, 0.25) is 0 Å². The normalized spacial score (nSPS) is 22.8. The molecule has 0 aliphatic carbocycles. The Morgan fingerprint density at radius 2 is 1.92 bits per heavy atom. The molecule has 2 fully saturated rings. The second kappa shape index (κ2) is 8.65. The van der Waals surface area contributed by atoms with Crippen LogP contribution < -0.4 is 4.74 Å². The van der Waals surface area contributed by atoms with Crippen LogP contribution in [-0.2, 0) is 11.3 Å². The van der Waals surface area contributed by atoms with Crippen molar-refractivity contribution < 1.29 is 14.6 Å². The van der Waals surface area contributed by atoms with Gasteiger partial charge in [0.25, 0.3) is 0 Å². The molecular weight excluding hydrogens is 318 g/mol. The second-order valence-corrected chi connectivity index (χ2v) is 7.04. The van der Waals surface area contributed by atoms with Gasteiger partial charge in [-0.25, -0.2) is 0 Å². The Balaban J connectivity index is 1.47. The highest BCUT2D eigenvalue weighted by Crippen LogP contribution is 2.15. The van der Waals surface area contributed by atoms with Gasteiger partial charge >= 0.3 is 0 Å². The summed E-state index contributed by atoms with van der Waals surface area (Å²) in [6.07, 6.45) is 1.52. The molecule has 0 aromatic heterocycles. The number of rotatable bonds is 5. The van der Waals surface area contributed by atoms with Gasteiger partial charge in [0.05, 0.1) is 19.8 Å². The minimum atomic E-state index is -0.267. The van der Waals surface area contributed by atoms with Gasteiger partial charge in [-0.2, -0.15) is 0 Å². The maximum absolute atomic E-state index is 12.5. The van der Waals surface area contributed by atoms with E-state index in [0.29, 0.717) is 13.1 Å². The predicted octanol–water partition coefficient (Wildman–Crippen LogP) is 0.796. The number of carbonyl (C=O) groups is 1. The lowest BCUT2D eigenvalue weighted by Crippen LogP contribution is -2.41. The molecule has 6 heteroatoms. The summed E-state index contributed by atoms with van der Waals surface area (Å²) in [4.78, 5) is 19.0. The average Bonchev–Trinajstić information content (AvgIpc) is 2.88. The van der Waals surface area contributed by atoms with Gasteiger partial charge in [0.2, 0.25) is 5.91 Å². The Morgan fingerprint density at radius 1 is 1.12 bits per heavy atom. The lowest BCUT2D eigenvalue weighted by atomic mass is 10.2. The number of hydrogen-bond acceptors (Lipinski definition) is 5. The van der Waals surface area contributed by atoms with Crippen molar-refractivity contribution in [3.8, 4) is 5.75 Å². The van der Waals surface area contributed by atoms with Crippen LogP contribution in [0.15, 0.2) is 24.3 Å². The number of ether oxygens (including phenoxy) is 1. The van der Waals surface area contributed by atoms with E-state index >= 15 is 0 Å². The minimum Gasteiger partial charge on any atom is -0.497 e. The molecule has 0 bridgehead atoms. The molecule has 2 heterocycles. The summed E-state index contributed by atoms with van der Waals surface area (Å²) >= 11 is 0. The molecule has 138 valence electrons. The zero-order chi connectivity index (χ0) is 17.6. The number of methoxy groups -OCH3 is 1. The van der Waals surface area contributed by atoms with Gasteiger partial charge in [0.15, 0.2) is 0 Å². The largest absolute Gasteiger partial charge is 0.497 e. The summed E-state index contributed by atoms with van der Waals surface area (Å²) in [5.74, 6) is 1.07. The van der Waals surface area contributed by atoms with Crippen LogP contribution in [0.25, 0.3) is 0 Å². The van der Waals surface area contributed by atoms with Crippen LogP contribution in [0.4, 0.5) is 0 Å². The van der Waals surface area contributed by atoms with E-state index in [4.69, 9.17) is 4.74 Å². The van der Waals surface area contributed by atoms with Crippen LogP contribution in [0.1, 0.15) is 18.4 Å². The Kier molecular flexibility index (Phi) is 6.29. The number of hydrogen-bond donors (Lipinski definition) is 1. The first kappa shape index (κ1) is 18.2. The molecule has 0 spiro atoms. The zero-order valence-electron chi connectivity index (χ0n) is 15.1. The zero-order valence-corrected chi connectivity index (χ0v) is 15.1. The van der Waals surface area contributed by atoms with E-state index in [1.165, 1.54) is 5.56 Å². The minimum absolute atomic E-state index is 0.195. The van der Waals surface area contributed by atoms with Crippen molar-refractivity contribution in [1.29, 1.82) is 0 Å². The standard InChI is InChI=1S/C19H29N3O3/c1-25-18-5-3-16(4-6-18)13-20-8-2-9-22(12-11-20)19(24)15-21-10-7-17(23)14-21/h3-6,17,23H,2,7-15H2,1H3. The number of aliphatic hydroxyl groups is 1. The molecule has 1 aromatic rings. The van der Waals surface area contributed by atoms with Gasteiger partial charge in [-0.3, -0.25) is 14.6 Å². The number of β-amino-alcohol motifs (C(OH)–C–C–N with tert-alkyl or cyclic N) is 1. The topological polar surface area (TPSA) is 56.2 Å². The number of amides is 1. The number of likely N-dealkylation sites (tertiary alicyclic amines) is 1. The third-order valence-corrected chi connectivity index (χ3v) is 5.11. The molecule has 3 rings (SSSR count). The highest BCUT2D eigenvalue weighted by atomic mass is 16.5. The van der Waals surface area contributed by atoms with Crippen LogP contribution in [0.5, 0.6) is 5.75 Å². The number of aliphatic hydroxyl groups excluding tert-OH is 1. The first-order valence-electron chi connectivity index (χ1n) is 9.17. The van der Waals surface area contributed by atoms with E-state index in [2.05, 4.69) is 21.9 Å². The summed E-state index contributed by atoms with van der Waals surface area (Å²) in [6.45, 7) is 6.33. The van der Waals surface area contributed by atoms with Gasteiger partial charge < -0.3 is 14.7 Å². The summed E-state index contributed by atoms with van der Waals surface area (Å²) in [5.41, 5.74) is 1.27. The van der Waals surface area contributed by atoms with Gasteiger partial charge in [-0.15, -0.1) is 0 Å². The van der Waals surface area contributed by atoms with Gasteiger partial charge in [0.1, 0.15) is 5.75 Å². The Labute approximate surface area is 150 Å². The van der Waals surface area contributed by atoms with Crippen LogP contribution in [-0.4, -0.2) is 84.7 Å². The molecule has 1 amide bonds. The van der Waals surface area contributed by atoms with E-state index in [0.717, 1.165) is 57.9 Å². The molecule has 2 saturated heterocycles. The van der Waals surface area contributed by atoms with Crippen LogP contribution >= 0.6 is 0 Å². The molecule has 2 aliphatic heterocycles. The fourth-order valence-electron chi connectivity index (χ4n) is 3.61. The third kappa shape index (κ3) is 5.17. The molecular formula is C19H29N3O3. The van der Waals surface area contributed by atoms with E-state index in [-0.39, 0.29) is 12.0 Å². The van der Waals surface area contributed by atoms with Crippen LogP contribution in [0, 0.1) is 0 Å². The quantitative estimate of drug-likeness (QED) is 0.854. The van der Waals surface area contributed by atoms with Crippen LogP contribution in [0.3, 0.4) is 0 Å². The summed E-state index contributed by atoms with van der Waals surface area (Å²) in [7, 11) is 1.68. The highest BCUT2D eigenvalue weighted by Gasteiger charge is 2.25. The predicted molar refractivity (Wildman–Crippen MR) is 96.5 cm³/mol. The molecule has 2 aliphatic rings. The van der Waals surface area contributed by atoms with Gasteiger partial charge in [-0.1, -0.05) is 12.1 Å². The fraction of sp³-hybridized carbons (Fsp3) is 0.632. The van der Waals surface area contributed by atoms with Crippen molar-refractivity contribution >= 4 is 5.91 Å². The maximum Gasteiger partial charge on any atom is 0.236 e. The molecule has 0 saturated carbocycles. The van der Waals surface area contributed by atoms with Gasteiger partial charge in [-0.05, 0) is 30.5 Å². The summed E-state index contributed by atoms with van der Waals surface area (Å²) in [6, 6.07) is 8.19. The maximum atomic E-state index is 12.5. The smallest absolute Gasteiger partial charge is 0.236 e. The molecule has 0 radical (unpaired) electrons. The fourth-order valence-corrected chi connectivity index (χ4v) is 3.61. The van der Waals surface area contributed by atoms with Crippen molar-refractivity contribution in [3.63, 3.8) is 0 Å². The van der Waals surface area contributed by atoms with Crippen molar-refractivity contribution in [2.75, 3.05) is 52.9 Å². The van der Waals surface area contributed by atoms with E-state index in [9.17, 15) is 9.90 Å². The molecule has 6 nitrogen and oxygen atoms in total. The van der Waals surface area contributed by atoms with Crippen molar-refractivity contribution in [2.24, 2.45) is 0 Å². The van der Waals surface area contributed by atoms with E-state index in [1.807, 2.05) is 17.0 Å². The second-order valence-electron chi connectivity index (χ2n) is 7.04. The average molecular weight is 347 g/mol. The molecule has 1 unspecified atom stereocenters. The monoisotopic (exact) mass is 347 g/mol. The number of nitrogens with zero attached hydrogens (tertiary/aromatic N) is 3. The van der Waals surface area contributed by atoms with Crippen molar-refractivity contribution in [3.05, 3.63) is 29.8 Å². The molecule has 1 N–H and O–H groups in total. The van der Waals surface area contributed by atoms with E-state index < -0.39 is 0 Å². The number of carbonyl (C=O) groups excluding carboxylic acids is 1. The molecule has 1 aromatic carbocycles. The first-order valence-corrected chi connectivity index (χ1v) is 9.17. The van der Waals surface area contributed by atoms with Gasteiger partial charge in [0, 0.05) is 45.8 Å². The summed E-state index contributed by atoms with van der Waals surface area (Å²) in [5, 5.41) is 9.59. The Bertz CT molecular complexity index is 564. The first-order chi connectivity index (χ1) is 12.1. The van der Waals surface area contributed by atoms with Crippen molar-refractivity contribution in [2.45, 2.75) is 25.5 Å². The lowest BCUT2D eigenvalue weighted by Gasteiger charge is -2.24. The Morgan fingerprint density at radius 3 is 2.60 bits per heavy atom. The third-order valence-electron chi connectivity index (χ3n) is 5.11. The van der Waals surface area contributed by atoms with Crippen molar-refractivity contribution in [1.82, 2.24) is 14.7 Å². The SMILES string of the molecule is COc1ccc(CN2CCCN(C(=O)CN3CCC(O)C3)CC2)cc1. The number of benzene rings is 1. The highest BCUT2D eigenvalue weighted by molar-refractivity contribution is 5.78. The Hall–Kier alpha value is -1.63. The summed E-state index contributed by atoms with van der Waals surface area (Å²) < 4.78 is 5.20. The molecule has 25 heavy (non-hydrogen) atoms. The van der Waals surface area contributed by atoms with E-state index in [1.54, 1.807) is 7.11 Å². The molecule has 1 atom stereocenters. The lowest BCUT2D eigenvalue weighted by molar-refractivity contribution is -0.132.